The van der Waals surface area contributed by atoms with Gasteiger partial charge in [-0.1, -0.05) is 6.92 Å². The Kier molecular flexibility index (Phi) is 6.38. The van der Waals surface area contributed by atoms with Crippen LogP contribution in [-0.2, 0) is 16.6 Å². The minimum Gasteiger partial charge on any atom is -0.447 e. The molecule has 1 N–H and O–H groups in total. The third-order valence-corrected chi connectivity index (χ3v) is 5.47. The number of sulfonamides is 1. The van der Waals surface area contributed by atoms with E-state index in [9.17, 15) is 8.42 Å². The molecule has 0 fully saturated rings. The molecule has 19 heavy (non-hydrogen) atoms. The normalized spacial score (nSPS) is 13.9. The van der Waals surface area contributed by atoms with Crippen molar-refractivity contribution >= 4 is 21.8 Å². The Balaban J connectivity index is 2.94. The summed E-state index contributed by atoms with van der Waals surface area (Å²) in [5, 5.41) is 2.94. The summed E-state index contributed by atoms with van der Waals surface area (Å²) in [6, 6.07) is 3.19. The third-order valence-electron chi connectivity index (χ3n) is 2.97. The van der Waals surface area contributed by atoms with E-state index in [0.717, 1.165) is 12.2 Å². The third kappa shape index (κ3) is 3.98. The van der Waals surface area contributed by atoms with Gasteiger partial charge in [-0.2, -0.15) is 16.1 Å². The standard InChI is InChI=1S/C12H22N2O3S2/c1-5-10(9-18-4)14(3)19(15,16)12-7-6-11(17-12)8-13-2/h6-7,10,13H,5,8-9H2,1-4H3. The number of thioether (sulfide) groups is 1. The van der Waals surface area contributed by atoms with Gasteiger partial charge in [0, 0.05) is 18.8 Å². The second kappa shape index (κ2) is 7.33. The van der Waals surface area contributed by atoms with E-state index in [2.05, 4.69) is 5.32 Å². The summed E-state index contributed by atoms with van der Waals surface area (Å²) in [6.07, 6.45) is 2.75. The van der Waals surface area contributed by atoms with Crippen molar-refractivity contribution in [1.82, 2.24) is 9.62 Å². The molecule has 0 aliphatic rings. The smallest absolute Gasteiger partial charge is 0.276 e. The number of rotatable bonds is 8. The molecule has 0 radical (unpaired) electrons. The first-order valence-corrected chi connectivity index (χ1v) is 9.01. The molecule has 5 nitrogen and oxygen atoms in total. The highest BCUT2D eigenvalue weighted by atomic mass is 32.2. The fraction of sp³-hybridized carbons (Fsp3) is 0.667. The molecule has 1 aromatic heterocycles. The van der Waals surface area contributed by atoms with Crippen LogP contribution in [0, 0.1) is 0 Å². The van der Waals surface area contributed by atoms with Crippen molar-refractivity contribution in [3.63, 3.8) is 0 Å². The average molecular weight is 306 g/mol. The van der Waals surface area contributed by atoms with Crippen LogP contribution in [0.3, 0.4) is 0 Å². The fourth-order valence-electron chi connectivity index (χ4n) is 1.78. The van der Waals surface area contributed by atoms with Crippen molar-refractivity contribution in [2.45, 2.75) is 31.0 Å². The zero-order valence-corrected chi connectivity index (χ0v) is 13.5. The van der Waals surface area contributed by atoms with Crippen LogP contribution >= 0.6 is 11.8 Å². The molecule has 1 unspecified atom stereocenters. The van der Waals surface area contributed by atoms with Crippen LogP contribution < -0.4 is 5.32 Å². The Labute approximate surface area is 119 Å². The molecule has 0 saturated carbocycles. The molecule has 0 saturated heterocycles. The van der Waals surface area contributed by atoms with Crippen LogP contribution in [-0.4, -0.2) is 44.9 Å². The summed E-state index contributed by atoms with van der Waals surface area (Å²) in [4.78, 5) is 0. The molecule has 0 aliphatic heterocycles. The second-order valence-corrected chi connectivity index (χ2v) is 7.13. The SMILES string of the molecule is CCC(CSC)N(C)S(=O)(=O)c1ccc(CNC)o1. The summed E-state index contributed by atoms with van der Waals surface area (Å²) >= 11 is 1.64. The van der Waals surface area contributed by atoms with E-state index in [1.807, 2.05) is 13.2 Å². The van der Waals surface area contributed by atoms with Crippen molar-refractivity contribution in [2.75, 3.05) is 26.1 Å². The van der Waals surface area contributed by atoms with Crippen molar-refractivity contribution in [1.29, 1.82) is 0 Å². The van der Waals surface area contributed by atoms with Crippen LogP contribution in [0.15, 0.2) is 21.6 Å². The van der Waals surface area contributed by atoms with E-state index in [0.29, 0.717) is 12.3 Å². The zero-order chi connectivity index (χ0) is 14.5. The zero-order valence-electron chi connectivity index (χ0n) is 11.8. The maximum absolute atomic E-state index is 12.4. The summed E-state index contributed by atoms with van der Waals surface area (Å²) < 4.78 is 31.6. The minimum absolute atomic E-state index is 0.0137. The number of hydrogen-bond acceptors (Lipinski definition) is 5. The molecule has 1 atom stereocenters. The highest BCUT2D eigenvalue weighted by molar-refractivity contribution is 7.98. The second-order valence-electron chi connectivity index (χ2n) is 4.29. The molecular formula is C12H22N2O3S2. The van der Waals surface area contributed by atoms with Crippen molar-refractivity contribution in [3.8, 4) is 0 Å². The summed E-state index contributed by atoms with van der Waals surface area (Å²) in [7, 11) is -0.147. The maximum atomic E-state index is 12.4. The van der Waals surface area contributed by atoms with Crippen LogP contribution in [0.1, 0.15) is 19.1 Å². The van der Waals surface area contributed by atoms with Crippen LogP contribution in [0.5, 0.6) is 0 Å². The molecule has 1 rings (SSSR count). The van der Waals surface area contributed by atoms with E-state index in [1.54, 1.807) is 31.9 Å². The topological polar surface area (TPSA) is 62.6 Å². The highest BCUT2D eigenvalue weighted by Crippen LogP contribution is 2.21. The van der Waals surface area contributed by atoms with Gasteiger partial charge < -0.3 is 9.73 Å². The summed E-state index contributed by atoms with van der Waals surface area (Å²) in [5.74, 6) is 1.39. The molecule has 0 amide bonds. The van der Waals surface area contributed by atoms with E-state index in [-0.39, 0.29) is 11.1 Å². The first kappa shape index (κ1) is 16.6. The Morgan fingerprint density at radius 2 is 2.16 bits per heavy atom. The molecule has 7 heteroatoms. The van der Waals surface area contributed by atoms with Gasteiger partial charge >= 0.3 is 0 Å². The minimum atomic E-state index is -3.54. The summed E-state index contributed by atoms with van der Waals surface area (Å²) in [5.41, 5.74) is 0. The number of nitrogens with one attached hydrogen (secondary N) is 1. The van der Waals surface area contributed by atoms with E-state index in [4.69, 9.17) is 4.42 Å². The fourth-order valence-corrected chi connectivity index (χ4v) is 4.07. The van der Waals surface area contributed by atoms with E-state index < -0.39 is 10.0 Å². The van der Waals surface area contributed by atoms with Gasteiger partial charge in [-0.3, -0.25) is 0 Å². The van der Waals surface area contributed by atoms with Crippen LogP contribution in [0.4, 0.5) is 0 Å². The van der Waals surface area contributed by atoms with Gasteiger partial charge in [0.2, 0.25) is 5.09 Å². The monoisotopic (exact) mass is 306 g/mol. The Bertz CT molecular complexity index is 485. The predicted molar refractivity (Wildman–Crippen MR) is 78.9 cm³/mol. The first-order chi connectivity index (χ1) is 8.97. The highest BCUT2D eigenvalue weighted by Gasteiger charge is 2.29. The lowest BCUT2D eigenvalue weighted by Crippen LogP contribution is -2.38. The lowest BCUT2D eigenvalue weighted by Gasteiger charge is -2.24. The van der Waals surface area contributed by atoms with Gasteiger partial charge in [0.05, 0.1) is 6.54 Å². The largest absolute Gasteiger partial charge is 0.447 e. The predicted octanol–water partition coefficient (Wildman–Crippen LogP) is 1.76. The Hall–Kier alpha value is -0.500. The van der Waals surface area contributed by atoms with Gasteiger partial charge in [0.15, 0.2) is 0 Å². The maximum Gasteiger partial charge on any atom is 0.276 e. The lowest BCUT2D eigenvalue weighted by molar-refractivity contribution is 0.352. The van der Waals surface area contributed by atoms with Gasteiger partial charge in [0.25, 0.3) is 10.0 Å². The van der Waals surface area contributed by atoms with E-state index in [1.165, 1.54) is 10.4 Å². The van der Waals surface area contributed by atoms with Crippen LogP contribution in [0.2, 0.25) is 0 Å². The lowest BCUT2D eigenvalue weighted by atomic mass is 10.3. The average Bonchev–Trinajstić information content (AvgIpc) is 2.85. The quantitative estimate of drug-likeness (QED) is 0.793. The number of furan rings is 1. The van der Waals surface area contributed by atoms with Gasteiger partial charge in [-0.25, -0.2) is 8.42 Å². The summed E-state index contributed by atoms with van der Waals surface area (Å²) in [6.45, 7) is 2.50. The molecule has 0 bridgehead atoms. The van der Waals surface area contributed by atoms with Gasteiger partial charge in [0.1, 0.15) is 5.76 Å². The molecule has 110 valence electrons. The Morgan fingerprint density at radius 3 is 2.68 bits per heavy atom. The number of hydrogen-bond donors (Lipinski definition) is 1. The molecule has 1 heterocycles. The van der Waals surface area contributed by atoms with Crippen molar-refractivity contribution < 1.29 is 12.8 Å². The van der Waals surface area contributed by atoms with Gasteiger partial charge in [-0.05, 0) is 31.9 Å². The molecule has 0 spiro atoms. The van der Waals surface area contributed by atoms with E-state index >= 15 is 0 Å². The molecule has 0 aromatic carbocycles. The first-order valence-electron chi connectivity index (χ1n) is 6.17. The van der Waals surface area contributed by atoms with Crippen LogP contribution in [0.25, 0.3) is 0 Å². The molecule has 0 aliphatic carbocycles. The van der Waals surface area contributed by atoms with Gasteiger partial charge in [-0.15, -0.1) is 0 Å². The Morgan fingerprint density at radius 1 is 1.47 bits per heavy atom. The number of nitrogens with zero attached hydrogens (tertiary/aromatic N) is 1. The van der Waals surface area contributed by atoms with Crippen molar-refractivity contribution in [3.05, 3.63) is 17.9 Å². The molecule has 1 aromatic rings. The molecular weight excluding hydrogens is 284 g/mol. The van der Waals surface area contributed by atoms with Crippen molar-refractivity contribution in [2.24, 2.45) is 0 Å².